The fourth-order valence-electron chi connectivity index (χ4n) is 3.76. The van der Waals surface area contributed by atoms with Gasteiger partial charge in [0.2, 0.25) is 0 Å². The molecule has 2 nitrogen and oxygen atoms in total. The average molecular weight is 374 g/mol. The Morgan fingerprint density at radius 3 is 2.15 bits per heavy atom. The van der Waals surface area contributed by atoms with Crippen LogP contribution in [-0.4, -0.2) is 12.2 Å². The van der Waals surface area contributed by atoms with Crippen LogP contribution in [0.1, 0.15) is 64.0 Å². The van der Waals surface area contributed by atoms with Crippen LogP contribution in [0.5, 0.6) is 5.75 Å². The Kier molecular flexibility index (Phi) is 5.52. The molecule has 2 aliphatic rings. The van der Waals surface area contributed by atoms with Crippen LogP contribution in [0.3, 0.4) is 0 Å². The Balaban J connectivity index is 1.62. The highest BCUT2D eigenvalue weighted by molar-refractivity contribution is 5.29. The van der Waals surface area contributed by atoms with E-state index in [2.05, 4.69) is 6.92 Å². The lowest BCUT2D eigenvalue weighted by Crippen LogP contribution is -2.37. The first-order chi connectivity index (χ1) is 12.2. The van der Waals surface area contributed by atoms with E-state index >= 15 is 0 Å². The molecule has 6 heteroatoms. The smallest absolute Gasteiger partial charge is 0.400 e. The van der Waals surface area contributed by atoms with Crippen LogP contribution in [-0.2, 0) is 4.74 Å². The Hall–Kier alpha value is -1.30. The molecule has 1 saturated carbocycles. The molecule has 1 aromatic rings. The number of rotatable bonds is 4. The predicted octanol–water partition coefficient (Wildman–Crippen LogP) is 6.56. The Labute approximate surface area is 151 Å². The quantitative estimate of drug-likeness (QED) is 0.555. The molecular weight excluding hydrogens is 348 g/mol. The summed E-state index contributed by atoms with van der Waals surface area (Å²) in [5, 5.41) is 0. The highest BCUT2D eigenvalue weighted by Gasteiger charge is 2.45. The maximum atomic E-state index is 14.4. The zero-order valence-corrected chi connectivity index (χ0v) is 15.2. The minimum atomic E-state index is -3.22. The van der Waals surface area contributed by atoms with Gasteiger partial charge in [0.15, 0.2) is 0 Å². The fraction of sp³-hybridized carbons (Fsp3) is 0.700. The molecule has 2 unspecified atom stereocenters. The van der Waals surface area contributed by atoms with E-state index in [4.69, 9.17) is 9.47 Å². The first-order valence-electron chi connectivity index (χ1n) is 9.40. The van der Waals surface area contributed by atoms with E-state index in [9.17, 15) is 17.6 Å². The lowest BCUT2D eigenvalue weighted by Gasteiger charge is -2.34. The number of hydrogen-bond donors (Lipinski definition) is 0. The summed E-state index contributed by atoms with van der Waals surface area (Å²) in [5.74, 6) is -1.07. The van der Waals surface area contributed by atoms with Gasteiger partial charge in [-0.15, -0.1) is 0 Å². The first-order valence-corrected chi connectivity index (χ1v) is 9.40. The van der Waals surface area contributed by atoms with E-state index in [1.807, 2.05) is 0 Å². The van der Waals surface area contributed by atoms with Gasteiger partial charge in [-0.2, -0.15) is 17.6 Å². The Morgan fingerprint density at radius 2 is 1.58 bits per heavy atom. The second-order valence-corrected chi connectivity index (χ2v) is 7.84. The van der Waals surface area contributed by atoms with Crippen LogP contribution in [0.15, 0.2) is 24.3 Å². The summed E-state index contributed by atoms with van der Waals surface area (Å²) in [6.07, 6.45) is -3.79. The van der Waals surface area contributed by atoms with Gasteiger partial charge in [-0.1, -0.05) is 38.8 Å². The van der Waals surface area contributed by atoms with Gasteiger partial charge in [0.1, 0.15) is 5.75 Å². The SMILES string of the molecule is CC1CCC(C(F)(F)Oc2ccc(C3CCC(C)C(F)(F)O3)cc2)CC1. The molecule has 0 spiro atoms. The van der Waals surface area contributed by atoms with E-state index in [0.717, 1.165) is 12.8 Å². The standard InChI is InChI=1S/C20H26F4O2/c1-13-3-8-16(9-4-13)20(23,24)25-17-10-6-15(7-11-17)18-12-5-14(2)19(21,22)26-18/h6-7,10-11,13-14,16,18H,3-5,8-9,12H2,1-2H3. The van der Waals surface area contributed by atoms with Crippen molar-refractivity contribution in [3.8, 4) is 5.75 Å². The molecule has 2 atom stereocenters. The Morgan fingerprint density at radius 1 is 0.962 bits per heavy atom. The van der Waals surface area contributed by atoms with Crippen molar-refractivity contribution in [2.45, 2.75) is 70.7 Å². The summed E-state index contributed by atoms with van der Waals surface area (Å²) >= 11 is 0. The lowest BCUT2D eigenvalue weighted by atomic mass is 9.82. The van der Waals surface area contributed by atoms with E-state index in [-0.39, 0.29) is 5.75 Å². The molecule has 1 aliphatic carbocycles. The van der Waals surface area contributed by atoms with Crippen molar-refractivity contribution in [2.24, 2.45) is 17.8 Å². The van der Waals surface area contributed by atoms with E-state index in [1.165, 1.54) is 31.2 Å². The highest BCUT2D eigenvalue weighted by Crippen LogP contribution is 2.43. The van der Waals surface area contributed by atoms with Crippen LogP contribution in [0, 0.1) is 17.8 Å². The normalized spacial score (nSPS) is 32.2. The molecule has 0 bridgehead atoms. The summed E-state index contributed by atoms with van der Waals surface area (Å²) in [5.41, 5.74) is 0.554. The van der Waals surface area contributed by atoms with Crippen molar-refractivity contribution in [1.82, 2.24) is 0 Å². The molecule has 0 N–H and O–H groups in total. The zero-order chi connectivity index (χ0) is 18.9. The largest absolute Gasteiger partial charge is 0.432 e. The average Bonchev–Trinajstić information content (AvgIpc) is 2.58. The van der Waals surface area contributed by atoms with E-state index in [0.29, 0.717) is 37.2 Å². The van der Waals surface area contributed by atoms with Gasteiger partial charge >= 0.3 is 12.2 Å². The van der Waals surface area contributed by atoms with Crippen molar-refractivity contribution >= 4 is 0 Å². The van der Waals surface area contributed by atoms with Crippen LogP contribution in [0.2, 0.25) is 0 Å². The van der Waals surface area contributed by atoms with Gasteiger partial charge in [0.05, 0.1) is 12.0 Å². The molecule has 3 rings (SSSR count). The molecule has 0 amide bonds. The van der Waals surface area contributed by atoms with Crippen molar-refractivity contribution in [3.63, 3.8) is 0 Å². The predicted molar refractivity (Wildman–Crippen MR) is 90.3 cm³/mol. The van der Waals surface area contributed by atoms with Gasteiger partial charge in [0.25, 0.3) is 0 Å². The zero-order valence-electron chi connectivity index (χ0n) is 15.2. The van der Waals surface area contributed by atoms with E-state index < -0.39 is 30.2 Å². The van der Waals surface area contributed by atoms with Crippen LogP contribution in [0.25, 0.3) is 0 Å². The van der Waals surface area contributed by atoms with Gasteiger partial charge in [-0.3, -0.25) is 0 Å². The lowest BCUT2D eigenvalue weighted by molar-refractivity contribution is -0.313. The van der Waals surface area contributed by atoms with E-state index in [1.54, 1.807) is 0 Å². The Bertz CT molecular complexity index is 594. The summed E-state index contributed by atoms with van der Waals surface area (Å²) in [4.78, 5) is 0. The number of alkyl halides is 4. The first kappa shape index (κ1) is 19.5. The maximum Gasteiger partial charge on any atom is 0.400 e. The van der Waals surface area contributed by atoms with Crippen molar-refractivity contribution in [3.05, 3.63) is 29.8 Å². The minimum absolute atomic E-state index is 0.0494. The molecule has 1 aliphatic heterocycles. The van der Waals surface area contributed by atoms with Crippen LogP contribution < -0.4 is 4.74 Å². The van der Waals surface area contributed by atoms with Crippen LogP contribution in [0.4, 0.5) is 17.6 Å². The number of hydrogen-bond acceptors (Lipinski definition) is 2. The second-order valence-electron chi connectivity index (χ2n) is 7.84. The maximum absolute atomic E-state index is 14.4. The minimum Gasteiger partial charge on any atom is -0.432 e. The fourth-order valence-corrected chi connectivity index (χ4v) is 3.76. The summed E-state index contributed by atoms with van der Waals surface area (Å²) in [7, 11) is 0. The highest BCUT2D eigenvalue weighted by atomic mass is 19.3. The number of halogens is 4. The van der Waals surface area contributed by atoms with Gasteiger partial charge < -0.3 is 9.47 Å². The van der Waals surface area contributed by atoms with Gasteiger partial charge in [-0.05, 0) is 49.3 Å². The topological polar surface area (TPSA) is 18.5 Å². The summed E-state index contributed by atoms with van der Waals surface area (Å²) < 4.78 is 66.0. The third-order valence-corrected chi connectivity index (χ3v) is 5.73. The molecule has 26 heavy (non-hydrogen) atoms. The van der Waals surface area contributed by atoms with Crippen molar-refractivity contribution < 1.29 is 27.0 Å². The van der Waals surface area contributed by atoms with Crippen LogP contribution >= 0.6 is 0 Å². The van der Waals surface area contributed by atoms with Crippen molar-refractivity contribution in [1.29, 1.82) is 0 Å². The second kappa shape index (κ2) is 7.37. The van der Waals surface area contributed by atoms with Gasteiger partial charge in [-0.25, -0.2) is 0 Å². The molecule has 1 saturated heterocycles. The number of ether oxygens (including phenoxy) is 2. The monoisotopic (exact) mass is 374 g/mol. The van der Waals surface area contributed by atoms with Crippen molar-refractivity contribution in [2.75, 3.05) is 0 Å². The molecule has 0 radical (unpaired) electrons. The molecule has 1 heterocycles. The summed E-state index contributed by atoms with van der Waals surface area (Å²) in [6, 6.07) is 5.89. The van der Waals surface area contributed by atoms with Gasteiger partial charge in [0, 0.05) is 5.92 Å². The molecular formula is C20H26F4O2. The molecule has 1 aromatic carbocycles. The summed E-state index contributed by atoms with van der Waals surface area (Å²) in [6.45, 7) is 3.53. The number of benzene rings is 1. The third-order valence-electron chi connectivity index (χ3n) is 5.73. The molecule has 0 aromatic heterocycles. The molecule has 146 valence electrons. The third kappa shape index (κ3) is 4.33. The molecule has 2 fully saturated rings.